The highest BCUT2D eigenvalue weighted by molar-refractivity contribution is 7.10. The van der Waals surface area contributed by atoms with Crippen LogP contribution in [-0.4, -0.2) is 27.4 Å². The van der Waals surface area contributed by atoms with E-state index in [0.29, 0.717) is 17.8 Å². The summed E-state index contributed by atoms with van der Waals surface area (Å²) in [6.07, 6.45) is 2.16. The van der Waals surface area contributed by atoms with Crippen LogP contribution in [0.3, 0.4) is 0 Å². The van der Waals surface area contributed by atoms with Crippen molar-refractivity contribution in [1.82, 2.24) is 15.1 Å². The van der Waals surface area contributed by atoms with E-state index in [1.165, 1.54) is 36.7 Å². The average molecular weight is 451 g/mol. The minimum Gasteiger partial charge on any atom is -0.363 e. The van der Waals surface area contributed by atoms with E-state index in [9.17, 15) is 18.0 Å². The molecule has 0 spiro atoms. The maximum absolute atomic E-state index is 13.8. The highest BCUT2D eigenvalue weighted by atomic mass is 32.1. The van der Waals surface area contributed by atoms with Crippen molar-refractivity contribution in [3.63, 3.8) is 0 Å². The number of amides is 1. The smallest absolute Gasteiger partial charge is 0.363 e. The number of nitrogens with one attached hydrogen (secondary N) is 2. The molecular formula is C22H25F3N4OS. The molecule has 1 amide bonds. The number of carbonyl (C=O) groups excluding carboxylic acids is 1. The fraction of sp³-hybridized carbons (Fsp3) is 0.636. The molecule has 4 aliphatic carbocycles. The number of rotatable bonds is 3. The van der Waals surface area contributed by atoms with E-state index < -0.39 is 18.3 Å². The third kappa shape index (κ3) is 3.36. The Morgan fingerprint density at radius 2 is 1.84 bits per heavy atom. The molecule has 166 valence electrons. The van der Waals surface area contributed by atoms with Crippen molar-refractivity contribution in [2.24, 2.45) is 17.8 Å². The first-order valence-corrected chi connectivity index (χ1v) is 11.9. The molecule has 31 heavy (non-hydrogen) atoms. The monoisotopic (exact) mass is 450 g/mol. The molecule has 0 radical (unpaired) electrons. The van der Waals surface area contributed by atoms with Gasteiger partial charge in [-0.1, -0.05) is 6.07 Å². The topological polar surface area (TPSA) is 59.0 Å². The molecule has 7 rings (SSSR count). The Morgan fingerprint density at radius 1 is 1.16 bits per heavy atom. The van der Waals surface area contributed by atoms with Crippen molar-refractivity contribution in [3.05, 3.63) is 34.2 Å². The number of halogens is 3. The highest BCUT2D eigenvalue weighted by Gasteiger charge is 2.52. The van der Waals surface area contributed by atoms with Gasteiger partial charge < -0.3 is 10.6 Å². The van der Waals surface area contributed by atoms with E-state index in [4.69, 9.17) is 0 Å². The average Bonchev–Trinajstić information content (AvgIpc) is 3.34. The van der Waals surface area contributed by atoms with Crippen LogP contribution in [0, 0.1) is 17.8 Å². The molecule has 4 fully saturated rings. The van der Waals surface area contributed by atoms with Crippen molar-refractivity contribution in [1.29, 1.82) is 0 Å². The van der Waals surface area contributed by atoms with Gasteiger partial charge in [-0.25, -0.2) is 4.68 Å². The normalized spacial score (nSPS) is 36.2. The zero-order chi connectivity index (χ0) is 21.4. The van der Waals surface area contributed by atoms with Gasteiger partial charge in [-0.3, -0.25) is 4.79 Å². The van der Waals surface area contributed by atoms with Gasteiger partial charge in [0.05, 0.1) is 6.04 Å². The molecule has 9 heteroatoms. The van der Waals surface area contributed by atoms with Gasteiger partial charge in [-0.2, -0.15) is 18.3 Å². The van der Waals surface area contributed by atoms with Crippen LogP contribution in [0.15, 0.2) is 23.6 Å². The Balaban J connectivity index is 1.27. The molecule has 0 saturated heterocycles. The van der Waals surface area contributed by atoms with Crippen LogP contribution in [0.2, 0.25) is 0 Å². The number of hydrogen-bond donors (Lipinski definition) is 2. The summed E-state index contributed by atoms with van der Waals surface area (Å²) in [4.78, 5) is 14.0. The van der Waals surface area contributed by atoms with Crippen molar-refractivity contribution in [2.75, 3.05) is 5.32 Å². The number of fused-ring (bicyclic) bond motifs is 1. The maximum Gasteiger partial charge on any atom is 0.410 e. The third-order valence-electron chi connectivity index (χ3n) is 7.73. The summed E-state index contributed by atoms with van der Waals surface area (Å²) < 4.78 is 42.5. The Hall–Kier alpha value is -2.03. The Bertz CT molecular complexity index is 964. The maximum atomic E-state index is 13.8. The van der Waals surface area contributed by atoms with E-state index in [1.807, 2.05) is 17.5 Å². The fourth-order valence-electron chi connectivity index (χ4n) is 6.93. The SMILES string of the molecule is O=C(NC12CC3CC(CC(C3)C1)C2)c1cc2n(n1)[C@@H](C(F)(F)F)C[C@H](c1cccs1)N2. The van der Waals surface area contributed by atoms with Gasteiger partial charge in [0.25, 0.3) is 5.91 Å². The predicted octanol–water partition coefficient (Wildman–Crippen LogP) is 5.30. The van der Waals surface area contributed by atoms with Crippen LogP contribution in [-0.2, 0) is 0 Å². The summed E-state index contributed by atoms with van der Waals surface area (Å²) in [5, 5.41) is 12.4. The molecular weight excluding hydrogens is 425 g/mol. The molecule has 4 saturated carbocycles. The lowest BCUT2D eigenvalue weighted by molar-refractivity contribution is -0.173. The summed E-state index contributed by atoms with van der Waals surface area (Å²) in [5.74, 6) is 1.92. The lowest BCUT2D eigenvalue weighted by Gasteiger charge is -2.56. The number of alkyl halides is 3. The molecule has 3 heterocycles. The molecule has 0 unspecified atom stereocenters. The van der Waals surface area contributed by atoms with E-state index in [2.05, 4.69) is 15.7 Å². The molecule has 4 bridgehead atoms. The van der Waals surface area contributed by atoms with Crippen LogP contribution < -0.4 is 10.6 Å². The lowest BCUT2D eigenvalue weighted by atomic mass is 9.53. The van der Waals surface area contributed by atoms with Gasteiger partial charge in [0, 0.05) is 22.9 Å². The summed E-state index contributed by atoms with van der Waals surface area (Å²) in [7, 11) is 0. The van der Waals surface area contributed by atoms with Gasteiger partial charge in [0.15, 0.2) is 11.7 Å². The summed E-state index contributed by atoms with van der Waals surface area (Å²) >= 11 is 1.43. The Kier molecular flexibility index (Phi) is 4.27. The molecule has 2 aromatic rings. The van der Waals surface area contributed by atoms with E-state index in [-0.39, 0.29) is 29.4 Å². The van der Waals surface area contributed by atoms with Crippen LogP contribution >= 0.6 is 11.3 Å². The molecule has 2 aromatic heterocycles. The standard InChI is InChI=1S/C22H25F3N4OS/c23-22(24,25)18-7-15(17-2-1-3-31-17)26-19-8-16(28-29(18)19)20(30)27-21-9-12-4-13(10-21)6-14(5-12)11-21/h1-3,8,12-15,18,26H,4-7,9-11H2,(H,27,30)/t12?,13?,14?,15-,18-,21?/m1/s1. The first-order valence-electron chi connectivity index (χ1n) is 11.1. The molecule has 0 aromatic carbocycles. The van der Waals surface area contributed by atoms with E-state index in [1.54, 1.807) is 0 Å². The van der Waals surface area contributed by atoms with Crippen molar-refractivity contribution < 1.29 is 18.0 Å². The molecule has 5 nitrogen and oxygen atoms in total. The van der Waals surface area contributed by atoms with Crippen LogP contribution in [0.25, 0.3) is 0 Å². The van der Waals surface area contributed by atoms with E-state index in [0.717, 1.165) is 28.8 Å². The minimum atomic E-state index is -4.44. The Labute approximate surface area is 182 Å². The number of aromatic nitrogens is 2. The Morgan fingerprint density at radius 3 is 2.42 bits per heavy atom. The van der Waals surface area contributed by atoms with Gasteiger partial charge >= 0.3 is 6.18 Å². The second-order valence-electron chi connectivity index (χ2n) is 10.0. The van der Waals surface area contributed by atoms with Crippen LogP contribution in [0.5, 0.6) is 0 Å². The summed E-state index contributed by atoms with van der Waals surface area (Å²) in [6.45, 7) is 0. The zero-order valence-corrected chi connectivity index (χ0v) is 17.8. The van der Waals surface area contributed by atoms with Crippen LogP contribution in [0.4, 0.5) is 19.0 Å². The number of anilines is 1. The van der Waals surface area contributed by atoms with Crippen molar-refractivity contribution in [3.8, 4) is 0 Å². The fourth-order valence-corrected chi connectivity index (χ4v) is 7.72. The van der Waals surface area contributed by atoms with Gasteiger partial charge in [-0.15, -0.1) is 11.3 Å². The number of hydrogen-bond acceptors (Lipinski definition) is 4. The molecule has 5 aliphatic rings. The highest BCUT2D eigenvalue weighted by Crippen LogP contribution is 2.55. The van der Waals surface area contributed by atoms with Gasteiger partial charge in [-0.05, 0) is 67.7 Å². The van der Waals surface area contributed by atoms with Gasteiger partial charge in [0.1, 0.15) is 5.82 Å². The zero-order valence-electron chi connectivity index (χ0n) is 17.0. The molecule has 2 N–H and O–H groups in total. The number of thiophene rings is 1. The number of carbonyl (C=O) groups is 1. The summed E-state index contributed by atoms with van der Waals surface area (Å²) in [5.41, 5.74) is -0.133. The molecule has 1 aliphatic heterocycles. The first-order chi connectivity index (χ1) is 14.8. The lowest BCUT2D eigenvalue weighted by Crippen LogP contribution is -2.59. The van der Waals surface area contributed by atoms with E-state index >= 15 is 0 Å². The second-order valence-corrected chi connectivity index (χ2v) is 11.0. The van der Waals surface area contributed by atoms with Gasteiger partial charge in [0.2, 0.25) is 0 Å². The minimum absolute atomic E-state index is 0.0688. The quantitative estimate of drug-likeness (QED) is 0.667. The third-order valence-corrected chi connectivity index (χ3v) is 8.71. The van der Waals surface area contributed by atoms with Crippen molar-refractivity contribution in [2.45, 2.75) is 68.7 Å². The summed E-state index contributed by atoms with van der Waals surface area (Å²) in [6, 6.07) is 2.95. The first kappa shape index (κ1) is 19.6. The predicted molar refractivity (Wildman–Crippen MR) is 111 cm³/mol. The second kappa shape index (κ2) is 6.73. The molecule has 2 atom stereocenters. The van der Waals surface area contributed by atoms with Crippen molar-refractivity contribution >= 4 is 23.1 Å². The largest absolute Gasteiger partial charge is 0.410 e. The number of nitrogens with zero attached hydrogens (tertiary/aromatic N) is 2. The van der Waals surface area contributed by atoms with Crippen LogP contribution in [0.1, 0.15) is 72.4 Å².